The first-order valence-corrected chi connectivity index (χ1v) is 10.3. The predicted octanol–water partition coefficient (Wildman–Crippen LogP) is 2.90. The molecule has 168 valence electrons. The van der Waals surface area contributed by atoms with E-state index in [0.29, 0.717) is 35.8 Å². The highest BCUT2D eigenvalue weighted by Crippen LogP contribution is 2.45. The van der Waals surface area contributed by atoms with Gasteiger partial charge in [0.1, 0.15) is 17.4 Å². The van der Waals surface area contributed by atoms with Gasteiger partial charge in [0.2, 0.25) is 18.0 Å². The number of cyclic esters (lactones) is 1. The van der Waals surface area contributed by atoms with Crippen LogP contribution in [-0.2, 0) is 14.3 Å². The smallest absolute Gasteiger partial charge is 0.344 e. The van der Waals surface area contributed by atoms with Crippen LogP contribution in [0.3, 0.4) is 0 Å². The molecule has 0 unspecified atom stereocenters. The summed E-state index contributed by atoms with van der Waals surface area (Å²) >= 11 is 0. The third-order valence-electron chi connectivity index (χ3n) is 5.51. The molecule has 2 amide bonds. The van der Waals surface area contributed by atoms with E-state index in [4.69, 9.17) is 18.9 Å². The molecule has 4 rings (SSSR count). The molecule has 2 aromatic rings. The summed E-state index contributed by atoms with van der Waals surface area (Å²) in [4.78, 5) is 39.7. The van der Waals surface area contributed by atoms with Crippen LogP contribution in [-0.4, -0.2) is 49.6 Å². The minimum absolute atomic E-state index is 0.179. The SMILES string of the molecule is CCOc1ccc(NC(=O)[C@@H]2CCC(=O)N2[C@H]2OC(=O)c3c2ccc(OC)c3OC)cc1. The Kier molecular flexibility index (Phi) is 5.89. The number of anilines is 1. The molecule has 1 N–H and O–H groups in total. The summed E-state index contributed by atoms with van der Waals surface area (Å²) in [5.74, 6) is 0.0522. The van der Waals surface area contributed by atoms with Gasteiger partial charge in [0.15, 0.2) is 11.5 Å². The summed E-state index contributed by atoms with van der Waals surface area (Å²) in [7, 11) is 2.89. The molecule has 0 radical (unpaired) electrons. The minimum Gasteiger partial charge on any atom is -0.494 e. The number of hydrogen-bond acceptors (Lipinski definition) is 7. The molecule has 32 heavy (non-hydrogen) atoms. The summed E-state index contributed by atoms with van der Waals surface area (Å²) in [5.41, 5.74) is 1.23. The molecule has 2 aliphatic rings. The number of methoxy groups -OCH3 is 2. The summed E-state index contributed by atoms with van der Waals surface area (Å²) in [6.07, 6.45) is -0.514. The lowest BCUT2D eigenvalue weighted by atomic mass is 10.1. The molecular weight excluding hydrogens is 416 g/mol. The van der Waals surface area contributed by atoms with E-state index in [9.17, 15) is 14.4 Å². The van der Waals surface area contributed by atoms with E-state index in [-0.39, 0.29) is 29.5 Å². The van der Waals surface area contributed by atoms with Crippen LogP contribution in [0, 0.1) is 0 Å². The van der Waals surface area contributed by atoms with Crippen molar-refractivity contribution in [2.24, 2.45) is 0 Å². The van der Waals surface area contributed by atoms with Gasteiger partial charge in [0.05, 0.1) is 20.8 Å². The summed E-state index contributed by atoms with van der Waals surface area (Å²) in [6.45, 7) is 2.43. The Morgan fingerprint density at radius 2 is 1.88 bits per heavy atom. The van der Waals surface area contributed by atoms with Crippen LogP contribution in [0.25, 0.3) is 0 Å². The van der Waals surface area contributed by atoms with Gasteiger partial charge in [-0.2, -0.15) is 0 Å². The fourth-order valence-electron chi connectivity index (χ4n) is 4.07. The van der Waals surface area contributed by atoms with Crippen molar-refractivity contribution in [1.29, 1.82) is 0 Å². The number of rotatable bonds is 7. The molecule has 1 fully saturated rings. The largest absolute Gasteiger partial charge is 0.494 e. The van der Waals surface area contributed by atoms with Crippen LogP contribution in [0.1, 0.15) is 41.9 Å². The molecular formula is C23H24N2O7. The maximum atomic E-state index is 13.0. The number of carbonyl (C=O) groups is 3. The van der Waals surface area contributed by atoms with Gasteiger partial charge in [0.25, 0.3) is 0 Å². The van der Waals surface area contributed by atoms with E-state index in [0.717, 1.165) is 0 Å². The Morgan fingerprint density at radius 1 is 1.12 bits per heavy atom. The highest BCUT2D eigenvalue weighted by Gasteiger charge is 2.47. The number of benzene rings is 2. The van der Waals surface area contributed by atoms with Gasteiger partial charge in [-0.05, 0) is 49.7 Å². The van der Waals surface area contributed by atoms with Crippen LogP contribution in [0.15, 0.2) is 36.4 Å². The Balaban J connectivity index is 1.59. The van der Waals surface area contributed by atoms with E-state index in [1.807, 2.05) is 6.92 Å². The van der Waals surface area contributed by atoms with Crippen molar-refractivity contribution in [1.82, 2.24) is 4.90 Å². The molecule has 0 aliphatic carbocycles. The van der Waals surface area contributed by atoms with E-state index < -0.39 is 18.2 Å². The normalized spacial score (nSPS) is 19.4. The van der Waals surface area contributed by atoms with Crippen LogP contribution in [0.5, 0.6) is 17.2 Å². The molecule has 0 aromatic heterocycles. The Morgan fingerprint density at radius 3 is 2.53 bits per heavy atom. The first kappa shape index (κ1) is 21.5. The quantitative estimate of drug-likeness (QED) is 0.660. The average molecular weight is 440 g/mol. The third kappa shape index (κ3) is 3.70. The molecule has 2 heterocycles. The van der Waals surface area contributed by atoms with Crippen molar-refractivity contribution in [3.63, 3.8) is 0 Å². The minimum atomic E-state index is -1.01. The highest BCUT2D eigenvalue weighted by molar-refractivity contribution is 6.01. The van der Waals surface area contributed by atoms with E-state index in [1.165, 1.54) is 19.1 Å². The van der Waals surface area contributed by atoms with E-state index in [2.05, 4.69) is 5.32 Å². The third-order valence-corrected chi connectivity index (χ3v) is 5.51. The summed E-state index contributed by atoms with van der Waals surface area (Å²) in [5, 5.41) is 2.83. The number of likely N-dealkylation sites (tertiary alicyclic amines) is 1. The number of carbonyl (C=O) groups excluding carboxylic acids is 3. The van der Waals surface area contributed by atoms with Gasteiger partial charge in [-0.3, -0.25) is 14.5 Å². The summed E-state index contributed by atoms with van der Waals surface area (Å²) in [6, 6.07) is 9.47. The van der Waals surface area contributed by atoms with Gasteiger partial charge < -0.3 is 24.3 Å². The van der Waals surface area contributed by atoms with Crippen molar-refractivity contribution >= 4 is 23.5 Å². The lowest BCUT2D eigenvalue weighted by Crippen LogP contribution is -2.43. The van der Waals surface area contributed by atoms with Crippen molar-refractivity contribution in [2.45, 2.75) is 32.0 Å². The Labute approximate surface area is 185 Å². The van der Waals surface area contributed by atoms with Crippen LogP contribution in [0.2, 0.25) is 0 Å². The van der Waals surface area contributed by atoms with Crippen molar-refractivity contribution < 1.29 is 33.3 Å². The molecule has 2 atom stereocenters. The van der Waals surface area contributed by atoms with Gasteiger partial charge in [-0.1, -0.05) is 0 Å². The van der Waals surface area contributed by atoms with Crippen molar-refractivity contribution in [2.75, 3.05) is 26.1 Å². The Bertz CT molecular complexity index is 1050. The zero-order valence-electron chi connectivity index (χ0n) is 18.0. The van der Waals surface area contributed by atoms with Gasteiger partial charge in [-0.15, -0.1) is 0 Å². The number of fused-ring (bicyclic) bond motifs is 1. The van der Waals surface area contributed by atoms with E-state index in [1.54, 1.807) is 36.4 Å². The molecule has 2 aromatic carbocycles. The molecule has 2 aliphatic heterocycles. The summed E-state index contributed by atoms with van der Waals surface area (Å²) < 4.78 is 21.5. The molecule has 0 spiro atoms. The van der Waals surface area contributed by atoms with Crippen LogP contribution >= 0.6 is 0 Å². The van der Waals surface area contributed by atoms with Gasteiger partial charge >= 0.3 is 5.97 Å². The second kappa shape index (κ2) is 8.78. The topological polar surface area (TPSA) is 103 Å². The number of nitrogens with one attached hydrogen (secondary N) is 1. The predicted molar refractivity (Wildman–Crippen MR) is 114 cm³/mol. The van der Waals surface area contributed by atoms with Crippen molar-refractivity contribution in [3.05, 3.63) is 47.5 Å². The zero-order valence-corrected chi connectivity index (χ0v) is 18.0. The molecule has 9 heteroatoms. The lowest BCUT2D eigenvalue weighted by molar-refractivity contribution is -0.144. The second-order valence-electron chi connectivity index (χ2n) is 7.33. The van der Waals surface area contributed by atoms with Crippen LogP contribution in [0.4, 0.5) is 5.69 Å². The number of nitrogens with zero attached hydrogens (tertiary/aromatic N) is 1. The maximum Gasteiger partial charge on any atom is 0.344 e. The zero-order chi connectivity index (χ0) is 22.8. The first-order valence-electron chi connectivity index (χ1n) is 10.3. The Hall–Kier alpha value is -3.75. The first-order chi connectivity index (χ1) is 15.5. The average Bonchev–Trinajstić information content (AvgIpc) is 3.34. The second-order valence-corrected chi connectivity index (χ2v) is 7.33. The van der Waals surface area contributed by atoms with E-state index >= 15 is 0 Å². The van der Waals surface area contributed by atoms with Gasteiger partial charge in [-0.25, -0.2) is 4.79 Å². The standard InChI is InChI=1S/C23H24N2O7/c1-4-31-14-7-5-13(6-8-14)24-21(27)16-10-12-18(26)25(16)22-15-9-11-17(29-2)20(30-3)19(15)23(28)32-22/h5-9,11,16,22H,4,10,12H2,1-3H3,(H,24,27)/t16-,22-/m0/s1. The van der Waals surface area contributed by atoms with Crippen LogP contribution < -0.4 is 19.5 Å². The fraction of sp³-hybridized carbons (Fsp3) is 0.348. The maximum absolute atomic E-state index is 13.0. The molecule has 0 bridgehead atoms. The highest BCUT2D eigenvalue weighted by atomic mass is 16.6. The fourth-order valence-corrected chi connectivity index (χ4v) is 4.07. The number of esters is 1. The monoisotopic (exact) mass is 440 g/mol. The lowest BCUT2D eigenvalue weighted by Gasteiger charge is -2.29. The molecule has 0 saturated carbocycles. The number of ether oxygens (including phenoxy) is 4. The number of amides is 2. The van der Waals surface area contributed by atoms with Gasteiger partial charge in [0, 0.05) is 17.7 Å². The number of hydrogen-bond donors (Lipinski definition) is 1. The van der Waals surface area contributed by atoms with Crippen molar-refractivity contribution in [3.8, 4) is 17.2 Å². The molecule has 9 nitrogen and oxygen atoms in total. The molecule has 1 saturated heterocycles.